The Morgan fingerprint density at radius 1 is 1.47 bits per heavy atom. The second kappa shape index (κ2) is 6.42. The summed E-state index contributed by atoms with van der Waals surface area (Å²) in [6.07, 6.45) is 1.63. The fourth-order valence-corrected chi connectivity index (χ4v) is 1.39. The first-order valence-electron chi connectivity index (χ1n) is 5.02. The van der Waals surface area contributed by atoms with Gasteiger partial charge < -0.3 is 10.2 Å². The van der Waals surface area contributed by atoms with E-state index >= 15 is 0 Å². The number of anilines is 1. The number of benzene rings is 1. The third-order valence-electron chi connectivity index (χ3n) is 2.10. The van der Waals surface area contributed by atoms with E-state index in [9.17, 15) is 0 Å². The second-order valence-electron chi connectivity index (χ2n) is 3.55. The Balaban J connectivity index is 2.76. The minimum atomic E-state index is 0.460. The maximum absolute atomic E-state index is 6.13. The first-order chi connectivity index (χ1) is 8.04. The van der Waals surface area contributed by atoms with E-state index in [1.807, 2.05) is 37.2 Å². The molecule has 92 valence electrons. The number of rotatable bonds is 3. The van der Waals surface area contributed by atoms with Crippen LogP contribution >= 0.6 is 23.8 Å². The molecule has 2 N–H and O–H groups in total. The van der Waals surface area contributed by atoms with E-state index in [1.165, 1.54) is 0 Å². The van der Waals surface area contributed by atoms with Crippen LogP contribution in [-0.2, 0) is 0 Å². The molecule has 4 nitrogen and oxygen atoms in total. The summed E-state index contributed by atoms with van der Waals surface area (Å²) in [5.74, 6) is 0. The van der Waals surface area contributed by atoms with Gasteiger partial charge in [-0.15, -0.1) is 0 Å². The van der Waals surface area contributed by atoms with Crippen LogP contribution in [0.15, 0.2) is 23.3 Å². The Hall–Kier alpha value is -1.33. The molecule has 17 heavy (non-hydrogen) atoms. The van der Waals surface area contributed by atoms with Gasteiger partial charge in [0, 0.05) is 32.4 Å². The molecule has 0 heterocycles. The fourth-order valence-electron chi connectivity index (χ4n) is 1.12. The molecule has 0 atom stereocenters. The van der Waals surface area contributed by atoms with Gasteiger partial charge in [-0.3, -0.25) is 5.43 Å². The lowest BCUT2D eigenvalue weighted by Gasteiger charge is -2.13. The molecule has 0 unspecified atom stereocenters. The van der Waals surface area contributed by atoms with E-state index in [1.54, 1.807) is 13.3 Å². The van der Waals surface area contributed by atoms with Gasteiger partial charge in [-0.05, 0) is 30.4 Å². The molecular formula is C11H15ClN4S. The molecule has 0 saturated heterocycles. The molecule has 0 aliphatic heterocycles. The van der Waals surface area contributed by atoms with E-state index in [0.717, 1.165) is 11.3 Å². The lowest BCUT2D eigenvalue weighted by atomic mass is 10.2. The highest BCUT2D eigenvalue weighted by Gasteiger charge is 2.01. The Morgan fingerprint density at radius 3 is 2.71 bits per heavy atom. The SMILES string of the molecule is CNC(=S)N/N=C/c1ccc(N(C)C)cc1Cl. The molecule has 0 bridgehead atoms. The highest BCUT2D eigenvalue weighted by atomic mass is 35.5. The zero-order chi connectivity index (χ0) is 12.8. The normalized spacial score (nSPS) is 10.4. The summed E-state index contributed by atoms with van der Waals surface area (Å²) in [5, 5.41) is 7.84. The largest absolute Gasteiger partial charge is 0.378 e. The summed E-state index contributed by atoms with van der Waals surface area (Å²) in [7, 11) is 5.66. The number of nitrogens with one attached hydrogen (secondary N) is 2. The predicted molar refractivity (Wildman–Crippen MR) is 78.2 cm³/mol. The molecule has 1 rings (SSSR count). The first-order valence-corrected chi connectivity index (χ1v) is 5.81. The summed E-state index contributed by atoms with van der Waals surface area (Å²) in [4.78, 5) is 1.99. The highest BCUT2D eigenvalue weighted by molar-refractivity contribution is 7.80. The third kappa shape index (κ3) is 4.20. The van der Waals surface area contributed by atoms with Crippen LogP contribution in [0, 0.1) is 0 Å². The van der Waals surface area contributed by atoms with Crippen molar-refractivity contribution in [1.29, 1.82) is 0 Å². The molecule has 6 heteroatoms. The lowest BCUT2D eigenvalue weighted by Crippen LogP contribution is -2.28. The van der Waals surface area contributed by atoms with Gasteiger partial charge in [0.25, 0.3) is 0 Å². The number of halogens is 1. The molecule has 1 aromatic rings. The fraction of sp³-hybridized carbons (Fsp3) is 0.273. The standard InChI is InChI=1S/C11H15ClN4S/c1-13-11(17)15-14-7-8-4-5-9(16(2)3)6-10(8)12/h4-7H,1-3H3,(H2,13,15,17)/b14-7+. The number of hydrogen-bond donors (Lipinski definition) is 2. The van der Waals surface area contributed by atoms with Gasteiger partial charge in [0.1, 0.15) is 0 Å². The highest BCUT2D eigenvalue weighted by Crippen LogP contribution is 2.21. The van der Waals surface area contributed by atoms with Crippen molar-refractivity contribution in [2.45, 2.75) is 0 Å². The molecule has 0 aliphatic carbocycles. The van der Waals surface area contributed by atoms with E-state index in [4.69, 9.17) is 23.8 Å². The zero-order valence-electron chi connectivity index (χ0n) is 9.99. The van der Waals surface area contributed by atoms with Gasteiger partial charge in [0.15, 0.2) is 5.11 Å². The van der Waals surface area contributed by atoms with Crippen molar-refractivity contribution in [2.24, 2.45) is 5.10 Å². The maximum atomic E-state index is 6.13. The van der Waals surface area contributed by atoms with E-state index < -0.39 is 0 Å². The van der Waals surface area contributed by atoms with Crippen LogP contribution in [0.1, 0.15) is 5.56 Å². The van der Waals surface area contributed by atoms with Crippen molar-refractivity contribution in [3.05, 3.63) is 28.8 Å². The Morgan fingerprint density at radius 2 is 2.18 bits per heavy atom. The summed E-state index contributed by atoms with van der Waals surface area (Å²) in [5.41, 5.74) is 4.55. The van der Waals surface area contributed by atoms with Crippen molar-refractivity contribution < 1.29 is 0 Å². The third-order valence-corrected chi connectivity index (χ3v) is 2.72. The second-order valence-corrected chi connectivity index (χ2v) is 4.36. The quantitative estimate of drug-likeness (QED) is 0.499. The topological polar surface area (TPSA) is 39.7 Å². The maximum Gasteiger partial charge on any atom is 0.186 e. The van der Waals surface area contributed by atoms with Crippen molar-refractivity contribution in [3.8, 4) is 0 Å². The smallest absolute Gasteiger partial charge is 0.186 e. The van der Waals surface area contributed by atoms with E-state index in [2.05, 4.69) is 15.8 Å². The number of hydrogen-bond acceptors (Lipinski definition) is 3. The van der Waals surface area contributed by atoms with Crippen LogP contribution in [0.3, 0.4) is 0 Å². The monoisotopic (exact) mass is 270 g/mol. The lowest BCUT2D eigenvalue weighted by molar-refractivity contribution is 0.982. The van der Waals surface area contributed by atoms with Crippen LogP contribution in [0.25, 0.3) is 0 Å². The van der Waals surface area contributed by atoms with Gasteiger partial charge in [-0.2, -0.15) is 5.10 Å². The van der Waals surface area contributed by atoms with Crippen molar-refractivity contribution >= 4 is 40.8 Å². The average Bonchev–Trinajstić information content (AvgIpc) is 2.30. The molecule has 0 radical (unpaired) electrons. The Bertz CT molecular complexity index is 431. The van der Waals surface area contributed by atoms with Gasteiger partial charge in [0.2, 0.25) is 0 Å². The molecular weight excluding hydrogens is 256 g/mol. The molecule has 0 spiro atoms. The molecule has 0 aromatic heterocycles. The van der Waals surface area contributed by atoms with E-state index in [0.29, 0.717) is 10.1 Å². The van der Waals surface area contributed by atoms with Gasteiger partial charge in [-0.1, -0.05) is 11.6 Å². The Kier molecular flexibility index (Phi) is 5.18. The average molecular weight is 271 g/mol. The Labute approximate surface area is 112 Å². The number of thiocarbonyl (C=S) groups is 1. The summed E-state index contributed by atoms with van der Waals surface area (Å²) >= 11 is 11.0. The first kappa shape index (κ1) is 13.7. The van der Waals surface area contributed by atoms with Crippen LogP contribution in [-0.4, -0.2) is 32.5 Å². The van der Waals surface area contributed by atoms with Gasteiger partial charge in [-0.25, -0.2) is 0 Å². The molecule has 0 aliphatic rings. The summed E-state index contributed by atoms with van der Waals surface area (Å²) in [6, 6.07) is 5.77. The minimum absolute atomic E-state index is 0.460. The number of nitrogens with zero attached hydrogens (tertiary/aromatic N) is 2. The summed E-state index contributed by atoms with van der Waals surface area (Å²) in [6.45, 7) is 0. The predicted octanol–water partition coefficient (Wildman–Crippen LogP) is 1.83. The zero-order valence-corrected chi connectivity index (χ0v) is 11.6. The molecule has 0 fully saturated rings. The van der Waals surface area contributed by atoms with E-state index in [-0.39, 0.29) is 0 Å². The van der Waals surface area contributed by atoms with Crippen molar-refractivity contribution in [2.75, 3.05) is 26.0 Å². The van der Waals surface area contributed by atoms with Crippen LogP contribution < -0.4 is 15.6 Å². The van der Waals surface area contributed by atoms with Gasteiger partial charge in [0.05, 0.1) is 11.2 Å². The minimum Gasteiger partial charge on any atom is -0.378 e. The van der Waals surface area contributed by atoms with Gasteiger partial charge >= 0.3 is 0 Å². The summed E-state index contributed by atoms with van der Waals surface area (Å²) < 4.78 is 0. The number of hydrazone groups is 1. The van der Waals surface area contributed by atoms with Crippen molar-refractivity contribution in [1.82, 2.24) is 10.7 Å². The van der Waals surface area contributed by atoms with Crippen LogP contribution in [0.2, 0.25) is 5.02 Å². The van der Waals surface area contributed by atoms with Crippen LogP contribution in [0.4, 0.5) is 5.69 Å². The van der Waals surface area contributed by atoms with Crippen LogP contribution in [0.5, 0.6) is 0 Å². The molecule has 0 saturated carbocycles. The molecule has 1 aromatic carbocycles. The molecule has 0 amide bonds. The van der Waals surface area contributed by atoms with Crippen molar-refractivity contribution in [3.63, 3.8) is 0 Å².